The molecule has 2 N–H and O–H groups in total. The van der Waals surface area contributed by atoms with Crippen molar-refractivity contribution in [1.82, 2.24) is 10.3 Å². The third-order valence-corrected chi connectivity index (χ3v) is 4.30. The maximum atomic E-state index is 12.6. The summed E-state index contributed by atoms with van der Waals surface area (Å²) in [5.41, 5.74) is 2.94. The number of amides is 2. The Morgan fingerprint density at radius 1 is 1.00 bits per heavy atom. The molecule has 7 nitrogen and oxygen atoms in total. The number of benzene rings is 2. The van der Waals surface area contributed by atoms with Gasteiger partial charge in [0.15, 0.2) is 11.5 Å². The van der Waals surface area contributed by atoms with Gasteiger partial charge in [0, 0.05) is 48.7 Å². The fourth-order valence-electron chi connectivity index (χ4n) is 2.72. The Bertz CT molecular complexity index is 1000. The normalized spacial score (nSPS) is 10.2. The van der Waals surface area contributed by atoms with Gasteiger partial charge in [0.2, 0.25) is 5.91 Å². The number of nitrogens with one attached hydrogen (secondary N) is 2. The predicted molar refractivity (Wildman–Crippen MR) is 113 cm³/mol. The quantitative estimate of drug-likeness (QED) is 0.598. The van der Waals surface area contributed by atoms with Gasteiger partial charge in [0.1, 0.15) is 6.61 Å². The number of pyridine rings is 1. The van der Waals surface area contributed by atoms with Crippen LogP contribution in [0.25, 0.3) is 0 Å². The number of carbonyl (C=O) groups excluding carboxylic acids is 2. The highest BCUT2D eigenvalue weighted by Gasteiger charge is 2.10. The predicted octanol–water partition coefficient (Wildman–Crippen LogP) is 3.56. The second-order valence-corrected chi connectivity index (χ2v) is 6.58. The van der Waals surface area contributed by atoms with Gasteiger partial charge in [-0.1, -0.05) is 18.2 Å². The Labute approximate surface area is 175 Å². The number of anilines is 1. The molecule has 0 aliphatic heterocycles. The van der Waals surface area contributed by atoms with Gasteiger partial charge in [-0.3, -0.25) is 14.6 Å². The zero-order valence-electron chi connectivity index (χ0n) is 16.8. The molecule has 0 saturated carbocycles. The molecule has 0 aliphatic carbocycles. The number of methoxy groups -OCH3 is 1. The van der Waals surface area contributed by atoms with E-state index in [1.807, 2.05) is 12.1 Å². The topological polar surface area (TPSA) is 89.6 Å². The number of hydrogen-bond acceptors (Lipinski definition) is 5. The number of rotatable bonds is 8. The van der Waals surface area contributed by atoms with Gasteiger partial charge >= 0.3 is 0 Å². The lowest BCUT2D eigenvalue weighted by Gasteiger charge is -2.13. The lowest BCUT2D eigenvalue weighted by molar-refractivity contribution is -0.119. The van der Waals surface area contributed by atoms with E-state index in [0.717, 1.165) is 11.1 Å². The molecule has 3 rings (SSSR count). The van der Waals surface area contributed by atoms with Crippen molar-refractivity contribution in [2.45, 2.75) is 20.1 Å². The summed E-state index contributed by atoms with van der Waals surface area (Å²) in [6.45, 7) is 2.22. The van der Waals surface area contributed by atoms with Crippen molar-refractivity contribution in [3.8, 4) is 11.5 Å². The molecule has 2 aromatic carbocycles. The molecule has 7 heteroatoms. The Morgan fingerprint density at radius 2 is 1.80 bits per heavy atom. The van der Waals surface area contributed by atoms with Crippen molar-refractivity contribution < 1.29 is 19.1 Å². The maximum absolute atomic E-state index is 12.6. The van der Waals surface area contributed by atoms with Crippen molar-refractivity contribution in [3.05, 3.63) is 83.7 Å². The van der Waals surface area contributed by atoms with E-state index in [1.165, 1.54) is 6.92 Å². The van der Waals surface area contributed by atoms with Crippen LogP contribution in [0.1, 0.15) is 28.4 Å². The van der Waals surface area contributed by atoms with Crippen LogP contribution in [0, 0.1) is 0 Å². The average molecular weight is 405 g/mol. The SMILES string of the molecule is COc1ccc(NC(=O)c2ccc(CNC(C)=O)cc2)cc1OCc1cccnc1. The molecule has 0 unspecified atom stereocenters. The minimum atomic E-state index is -0.246. The summed E-state index contributed by atoms with van der Waals surface area (Å²) in [5.74, 6) is 0.742. The highest BCUT2D eigenvalue weighted by Crippen LogP contribution is 2.31. The Morgan fingerprint density at radius 3 is 2.47 bits per heavy atom. The van der Waals surface area contributed by atoms with Crippen LogP contribution in [0.5, 0.6) is 11.5 Å². The second-order valence-electron chi connectivity index (χ2n) is 6.58. The lowest BCUT2D eigenvalue weighted by atomic mass is 10.1. The number of hydrogen-bond donors (Lipinski definition) is 2. The summed E-state index contributed by atoms with van der Waals surface area (Å²) in [5, 5.41) is 5.58. The smallest absolute Gasteiger partial charge is 0.255 e. The zero-order valence-corrected chi connectivity index (χ0v) is 16.8. The first-order chi connectivity index (χ1) is 14.5. The number of ether oxygens (including phenoxy) is 2. The van der Waals surface area contributed by atoms with Gasteiger partial charge in [0.25, 0.3) is 5.91 Å². The van der Waals surface area contributed by atoms with Crippen molar-refractivity contribution in [1.29, 1.82) is 0 Å². The minimum Gasteiger partial charge on any atom is -0.493 e. The minimum absolute atomic E-state index is 0.0992. The second kappa shape index (κ2) is 10.1. The molecule has 0 saturated heterocycles. The largest absolute Gasteiger partial charge is 0.493 e. The summed E-state index contributed by atoms with van der Waals surface area (Å²) in [6, 6.07) is 16.0. The highest BCUT2D eigenvalue weighted by atomic mass is 16.5. The van der Waals surface area contributed by atoms with E-state index >= 15 is 0 Å². The fraction of sp³-hybridized carbons (Fsp3) is 0.174. The number of aromatic nitrogens is 1. The molecule has 30 heavy (non-hydrogen) atoms. The standard InChI is InChI=1S/C23H23N3O4/c1-16(27)25-14-17-5-7-19(8-6-17)23(28)26-20-9-10-21(29-2)22(12-20)30-15-18-4-3-11-24-13-18/h3-13H,14-15H2,1-2H3,(H,25,27)(H,26,28). The summed E-state index contributed by atoms with van der Waals surface area (Å²) < 4.78 is 11.2. The van der Waals surface area contributed by atoms with E-state index in [0.29, 0.717) is 35.9 Å². The van der Waals surface area contributed by atoms with E-state index in [-0.39, 0.29) is 11.8 Å². The van der Waals surface area contributed by atoms with Crippen molar-refractivity contribution in [2.75, 3.05) is 12.4 Å². The van der Waals surface area contributed by atoms with Crippen LogP contribution in [0.2, 0.25) is 0 Å². The van der Waals surface area contributed by atoms with Crippen molar-refractivity contribution >= 4 is 17.5 Å². The lowest BCUT2D eigenvalue weighted by Crippen LogP contribution is -2.19. The molecule has 2 amide bonds. The molecule has 0 bridgehead atoms. The highest BCUT2D eigenvalue weighted by molar-refractivity contribution is 6.04. The first kappa shape index (κ1) is 20.9. The van der Waals surface area contributed by atoms with E-state index < -0.39 is 0 Å². The number of carbonyl (C=O) groups is 2. The molecule has 0 spiro atoms. The average Bonchev–Trinajstić information content (AvgIpc) is 2.77. The maximum Gasteiger partial charge on any atom is 0.255 e. The molecular weight excluding hydrogens is 382 g/mol. The summed E-state index contributed by atoms with van der Waals surface area (Å²) in [6.07, 6.45) is 3.43. The van der Waals surface area contributed by atoms with Crippen LogP contribution in [-0.4, -0.2) is 23.9 Å². The molecule has 1 heterocycles. The first-order valence-corrected chi connectivity index (χ1v) is 9.39. The zero-order chi connectivity index (χ0) is 21.3. The molecule has 0 aliphatic rings. The van der Waals surface area contributed by atoms with E-state index in [1.54, 1.807) is 62.0 Å². The molecule has 3 aromatic rings. The van der Waals surface area contributed by atoms with E-state index in [4.69, 9.17) is 9.47 Å². The molecule has 0 radical (unpaired) electrons. The third-order valence-electron chi connectivity index (χ3n) is 4.30. The van der Waals surface area contributed by atoms with Crippen LogP contribution < -0.4 is 20.1 Å². The van der Waals surface area contributed by atoms with Crippen molar-refractivity contribution in [3.63, 3.8) is 0 Å². The van der Waals surface area contributed by atoms with Gasteiger partial charge in [-0.2, -0.15) is 0 Å². The third kappa shape index (κ3) is 5.81. The molecular formula is C23H23N3O4. The van der Waals surface area contributed by atoms with Crippen LogP contribution >= 0.6 is 0 Å². The van der Waals surface area contributed by atoms with Gasteiger partial charge in [0.05, 0.1) is 7.11 Å². The van der Waals surface area contributed by atoms with Crippen LogP contribution in [0.3, 0.4) is 0 Å². The Balaban J connectivity index is 1.66. The van der Waals surface area contributed by atoms with Gasteiger partial charge in [-0.25, -0.2) is 0 Å². The van der Waals surface area contributed by atoms with Crippen LogP contribution in [0.15, 0.2) is 67.0 Å². The van der Waals surface area contributed by atoms with E-state index in [9.17, 15) is 9.59 Å². The van der Waals surface area contributed by atoms with Gasteiger partial charge in [-0.15, -0.1) is 0 Å². The molecule has 1 aromatic heterocycles. The van der Waals surface area contributed by atoms with Gasteiger partial charge < -0.3 is 20.1 Å². The summed E-state index contributed by atoms with van der Waals surface area (Å²) in [4.78, 5) is 27.6. The molecule has 0 fully saturated rings. The molecule has 154 valence electrons. The van der Waals surface area contributed by atoms with Crippen LogP contribution in [0.4, 0.5) is 5.69 Å². The van der Waals surface area contributed by atoms with Crippen molar-refractivity contribution in [2.24, 2.45) is 0 Å². The van der Waals surface area contributed by atoms with Gasteiger partial charge in [-0.05, 0) is 35.9 Å². The summed E-state index contributed by atoms with van der Waals surface area (Å²) >= 11 is 0. The fourth-order valence-corrected chi connectivity index (χ4v) is 2.72. The Hall–Kier alpha value is -3.87. The van der Waals surface area contributed by atoms with E-state index in [2.05, 4.69) is 15.6 Å². The van der Waals surface area contributed by atoms with Crippen LogP contribution in [-0.2, 0) is 17.9 Å². The number of nitrogens with zero attached hydrogens (tertiary/aromatic N) is 1. The summed E-state index contributed by atoms with van der Waals surface area (Å²) in [7, 11) is 1.56. The molecule has 0 atom stereocenters. The Kier molecular flexibility index (Phi) is 7.00. The monoisotopic (exact) mass is 405 g/mol. The first-order valence-electron chi connectivity index (χ1n) is 9.39.